The summed E-state index contributed by atoms with van der Waals surface area (Å²) in [6.07, 6.45) is 0. The third kappa shape index (κ3) is 2.52. The standard InChI is InChI=1S/C9H9BrFNO/c1-6-2-4-7(5-3-6)8(12-13)9(10)11/h2-5,9,13H,1H3/b12-8-. The quantitative estimate of drug-likeness (QED) is 0.370. The zero-order chi connectivity index (χ0) is 9.84. The van der Waals surface area contributed by atoms with Gasteiger partial charge in [-0.3, -0.25) is 0 Å². The Morgan fingerprint density at radius 1 is 1.46 bits per heavy atom. The maximum absolute atomic E-state index is 12.8. The second-order valence-electron chi connectivity index (χ2n) is 2.65. The van der Waals surface area contributed by atoms with E-state index < -0.39 is 5.08 Å². The van der Waals surface area contributed by atoms with Crippen LogP contribution in [0.1, 0.15) is 11.1 Å². The van der Waals surface area contributed by atoms with E-state index in [2.05, 4.69) is 21.1 Å². The first-order chi connectivity index (χ1) is 6.15. The van der Waals surface area contributed by atoms with E-state index in [9.17, 15) is 4.39 Å². The summed E-state index contributed by atoms with van der Waals surface area (Å²) >= 11 is 2.70. The number of aryl methyl sites for hydroxylation is 1. The normalized spacial score (nSPS) is 14.2. The van der Waals surface area contributed by atoms with Crippen LogP contribution in [-0.4, -0.2) is 16.0 Å². The van der Waals surface area contributed by atoms with E-state index in [1.165, 1.54) is 0 Å². The summed E-state index contributed by atoms with van der Waals surface area (Å²) in [5, 5.41) is 9.98. The lowest BCUT2D eigenvalue weighted by molar-refractivity contribution is 0.315. The van der Waals surface area contributed by atoms with E-state index in [0.717, 1.165) is 5.56 Å². The zero-order valence-electron chi connectivity index (χ0n) is 7.04. The molecule has 0 aliphatic heterocycles. The molecule has 0 fully saturated rings. The van der Waals surface area contributed by atoms with Crippen LogP contribution >= 0.6 is 15.9 Å². The first kappa shape index (κ1) is 10.2. The Hall–Kier alpha value is -0.900. The summed E-state index contributed by atoms with van der Waals surface area (Å²) in [6, 6.07) is 7.07. The smallest absolute Gasteiger partial charge is 0.200 e. The molecule has 4 heteroatoms. The van der Waals surface area contributed by atoms with Crippen LogP contribution < -0.4 is 0 Å². The Morgan fingerprint density at radius 3 is 2.38 bits per heavy atom. The van der Waals surface area contributed by atoms with Gasteiger partial charge in [0.05, 0.1) is 0 Å². The fraction of sp³-hybridized carbons (Fsp3) is 0.222. The van der Waals surface area contributed by atoms with Crippen LogP contribution in [0.25, 0.3) is 0 Å². The van der Waals surface area contributed by atoms with Crippen molar-refractivity contribution in [1.82, 2.24) is 0 Å². The number of benzene rings is 1. The van der Waals surface area contributed by atoms with Gasteiger partial charge in [-0.15, -0.1) is 0 Å². The molecule has 1 atom stereocenters. The van der Waals surface area contributed by atoms with Crippen LogP contribution in [0.15, 0.2) is 29.4 Å². The predicted octanol–water partition coefficient (Wildman–Crippen LogP) is 2.86. The SMILES string of the molecule is Cc1ccc(/C(=N/O)C(F)Br)cc1. The summed E-state index contributed by atoms with van der Waals surface area (Å²) in [5.74, 6) is 0. The highest BCUT2D eigenvalue weighted by atomic mass is 79.9. The molecule has 0 radical (unpaired) electrons. The van der Waals surface area contributed by atoms with Crippen molar-refractivity contribution in [3.63, 3.8) is 0 Å². The first-order valence-corrected chi connectivity index (χ1v) is 4.64. The van der Waals surface area contributed by atoms with Crippen molar-refractivity contribution in [3.05, 3.63) is 35.4 Å². The van der Waals surface area contributed by atoms with E-state index in [4.69, 9.17) is 5.21 Å². The molecule has 1 N–H and O–H groups in total. The number of hydrogen-bond donors (Lipinski definition) is 1. The molecule has 1 aromatic rings. The molecule has 0 bridgehead atoms. The Labute approximate surface area is 84.2 Å². The summed E-state index contributed by atoms with van der Waals surface area (Å²) < 4.78 is 12.8. The fourth-order valence-electron chi connectivity index (χ4n) is 0.952. The number of hydrogen-bond acceptors (Lipinski definition) is 2. The number of halogens is 2. The third-order valence-electron chi connectivity index (χ3n) is 1.66. The first-order valence-electron chi connectivity index (χ1n) is 3.72. The maximum atomic E-state index is 12.8. The zero-order valence-corrected chi connectivity index (χ0v) is 8.62. The molecule has 0 saturated carbocycles. The molecule has 0 aliphatic carbocycles. The maximum Gasteiger partial charge on any atom is 0.200 e. The van der Waals surface area contributed by atoms with Gasteiger partial charge in [-0.2, -0.15) is 0 Å². The van der Waals surface area contributed by atoms with Gasteiger partial charge >= 0.3 is 0 Å². The van der Waals surface area contributed by atoms with Crippen molar-refractivity contribution >= 4 is 21.6 Å². The molecule has 0 aliphatic rings. The van der Waals surface area contributed by atoms with Crippen molar-refractivity contribution < 1.29 is 9.60 Å². The molecular weight excluding hydrogens is 237 g/mol. The van der Waals surface area contributed by atoms with Crippen molar-refractivity contribution in [2.45, 2.75) is 12.0 Å². The average Bonchev–Trinajstić information content (AvgIpc) is 2.09. The highest BCUT2D eigenvalue weighted by molar-refractivity contribution is 9.09. The summed E-state index contributed by atoms with van der Waals surface area (Å²) in [6.45, 7) is 1.93. The van der Waals surface area contributed by atoms with Crippen molar-refractivity contribution in [2.75, 3.05) is 0 Å². The fourth-order valence-corrected chi connectivity index (χ4v) is 1.31. The predicted molar refractivity (Wildman–Crippen MR) is 53.3 cm³/mol. The van der Waals surface area contributed by atoms with Crippen LogP contribution in [0.4, 0.5) is 4.39 Å². The number of oxime groups is 1. The second kappa shape index (κ2) is 4.37. The van der Waals surface area contributed by atoms with Gasteiger partial charge in [0.2, 0.25) is 5.08 Å². The van der Waals surface area contributed by atoms with Gasteiger partial charge in [0.25, 0.3) is 0 Å². The molecule has 0 heterocycles. The largest absolute Gasteiger partial charge is 0.411 e. The van der Waals surface area contributed by atoms with Crippen LogP contribution in [-0.2, 0) is 0 Å². The molecule has 1 rings (SSSR count). The molecule has 70 valence electrons. The topological polar surface area (TPSA) is 32.6 Å². The summed E-state index contributed by atoms with van der Waals surface area (Å²) in [5.41, 5.74) is 1.63. The lowest BCUT2D eigenvalue weighted by Gasteiger charge is -2.03. The van der Waals surface area contributed by atoms with Crippen molar-refractivity contribution in [3.8, 4) is 0 Å². The van der Waals surface area contributed by atoms with Gasteiger partial charge in [0, 0.05) is 5.56 Å². The molecular formula is C9H9BrFNO. The van der Waals surface area contributed by atoms with Gasteiger partial charge in [-0.1, -0.05) is 35.0 Å². The molecule has 0 aromatic heterocycles. The lowest BCUT2D eigenvalue weighted by atomic mass is 10.1. The van der Waals surface area contributed by atoms with E-state index in [-0.39, 0.29) is 5.71 Å². The molecule has 2 nitrogen and oxygen atoms in total. The van der Waals surface area contributed by atoms with Gasteiger partial charge in [0.15, 0.2) is 0 Å². The van der Waals surface area contributed by atoms with Crippen LogP contribution in [0.5, 0.6) is 0 Å². The van der Waals surface area contributed by atoms with E-state index in [1.54, 1.807) is 12.1 Å². The monoisotopic (exact) mass is 245 g/mol. The van der Waals surface area contributed by atoms with Gasteiger partial charge in [0.1, 0.15) is 5.71 Å². The average molecular weight is 246 g/mol. The summed E-state index contributed by atoms with van der Waals surface area (Å²) in [4.78, 5) is 0. The molecule has 0 amide bonds. The summed E-state index contributed by atoms with van der Waals surface area (Å²) in [7, 11) is 0. The highest BCUT2D eigenvalue weighted by Gasteiger charge is 2.13. The Balaban J connectivity index is 3.00. The number of rotatable bonds is 2. The minimum absolute atomic E-state index is 0.0139. The number of nitrogens with zero attached hydrogens (tertiary/aromatic N) is 1. The molecule has 0 saturated heterocycles. The van der Waals surface area contributed by atoms with Crippen LogP contribution in [0.3, 0.4) is 0 Å². The Kier molecular flexibility index (Phi) is 3.42. The molecule has 1 aromatic carbocycles. The highest BCUT2D eigenvalue weighted by Crippen LogP contribution is 2.13. The minimum atomic E-state index is -1.44. The van der Waals surface area contributed by atoms with Gasteiger partial charge in [-0.05, 0) is 22.9 Å². The second-order valence-corrected chi connectivity index (χ2v) is 3.46. The minimum Gasteiger partial charge on any atom is -0.411 e. The van der Waals surface area contributed by atoms with Gasteiger partial charge < -0.3 is 5.21 Å². The van der Waals surface area contributed by atoms with E-state index >= 15 is 0 Å². The number of alkyl halides is 2. The Morgan fingerprint density at radius 2 is 2.00 bits per heavy atom. The molecule has 0 spiro atoms. The molecule has 13 heavy (non-hydrogen) atoms. The van der Waals surface area contributed by atoms with E-state index in [1.807, 2.05) is 19.1 Å². The molecule has 1 unspecified atom stereocenters. The Bertz CT molecular complexity index is 308. The lowest BCUT2D eigenvalue weighted by Crippen LogP contribution is -2.10. The van der Waals surface area contributed by atoms with Crippen molar-refractivity contribution in [2.24, 2.45) is 5.16 Å². The van der Waals surface area contributed by atoms with Gasteiger partial charge in [-0.25, -0.2) is 4.39 Å². The van der Waals surface area contributed by atoms with Crippen LogP contribution in [0, 0.1) is 6.92 Å². The van der Waals surface area contributed by atoms with Crippen molar-refractivity contribution in [1.29, 1.82) is 0 Å². The third-order valence-corrected chi connectivity index (χ3v) is 2.10. The van der Waals surface area contributed by atoms with E-state index in [0.29, 0.717) is 5.56 Å². The van der Waals surface area contributed by atoms with Crippen LogP contribution in [0.2, 0.25) is 0 Å².